The third kappa shape index (κ3) is 2.90. The van der Waals surface area contributed by atoms with Crippen molar-refractivity contribution >= 4 is 0 Å². The van der Waals surface area contributed by atoms with Crippen LogP contribution in [0.25, 0.3) is 0 Å². The summed E-state index contributed by atoms with van der Waals surface area (Å²) in [6.45, 7) is 4.12. The summed E-state index contributed by atoms with van der Waals surface area (Å²) in [5.74, 6) is 3.58. The number of hydrogen-bond acceptors (Lipinski definition) is 5. The van der Waals surface area contributed by atoms with Gasteiger partial charge in [-0.3, -0.25) is 9.58 Å². The van der Waals surface area contributed by atoms with Gasteiger partial charge in [-0.15, -0.1) is 10.2 Å². The van der Waals surface area contributed by atoms with Crippen LogP contribution in [0.5, 0.6) is 0 Å². The summed E-state index contributed by atoms with van der Waals surface area (Å²) in [5, 5.41) is 13.0. The van der Waals surface area contributed by atoms with Gasteiger partial charge in [-0.05, 0) is 38.1 Å². The van der Waals surface area contributed by atoms with Crippen LogP contribution in [0.15, 0.2) is 12.7 Å². The van der Waals surface area contributed by atoms with E-state index in [0.29, 0.717) is 11.8 Å². The molecule has 0 radical (unpaired) electrons. The molecule has 7 nitrogen and oxygen atoms in total. The van der Waals surface area contributed by atoms with E-state index in [1.807, 2.05) is 11.0 Å². The zero-order chi connectivity index (χ0) is 14.9. The summed E-state index contributed by atoms with van der Waals surface area (Å²) in [4.78, 5) is 6.53. The number of piperidine rings is 1. The quantitative estimate of drug-likeness (QED) is 0.830. The number of aromatic nitrogens is 6. The van der Waals surface area contributed by atoms with Crippen LogP contribution in [0.3, 0.4) is 0 Å². The van der Waals surface area contributed by atoms with Gasteiger partial charge in [0.05, 0.1) is 6.54 Å². The van der Waals surface area contributed by atoms with Crippen LogP contribution < -0.4 is 0 Å². The predicted octanol–water partition coefficient (Wildman–Crippen LogP) is 1.20. The van der Waals surface area contributed by atoms with Gasteiger partial charge in [0.25, 0.3) is 0 Å². The van der Waals surface area contributed by atoms with Gasteiger partial charge in [0.1, 0.15) is 24.3 Å². The first-order valence-electron chi connectivity index (χ1n) is 8.22. The predicted molar refractivity (Wildman–Crippen MR) is 81.0 cm³/mol. The lowest BCUT2D eigenvalue weighted by Crippen LogP contribution is -2.37. The Balaban J connectivity index is 1.38. The Kier molecular flexibility index (Phi) is 3.65. The molecule has 118 valence electrons. The molecule has 1 saturated carbocycles. The molecule has 1 atom stereocenters. The molecule has 0 aromatic carbocycles. The maximum absolute atomic E-state index is 4.42. The first kappa shape index (κ1) is 13.9. The van der Waals surface area contributed by atoms with Crippen LogP contribution in [-0.2, 0) is 20.1 Å². The van der Waals surface area contributed by atoms with Crippen molar-refractivity contribution in [3.8, 4) is 0 Å². The summed E-state index contributed by atoms with van der Waals surface area (Å²) in [6, 6.07) is 0. The maximum Gasteiger partial charge on any atom is 0.146 e. The largest absolute Gasteiger partial charge is 0.317 e. The summed E-state index contributed by atoms with van der Waals surface area (Å²) in [5.41, 5.74) is 0. The Bertz CT molecular complexity index is 614. The molecule has 3 heterocycles. The Morgan fingerprint density at radius 2 is 2.14 bits per heavy atom. The molecule has 2 aliphatic rings. The van der Waals surface area contributed by atoms with E-state index >= 15 is 0 Å². The summed E-state index contributed by atoms with van der Waals surface area (Å²) >= 11 is 0. The molecule has 22 heavy (non-hydrogen) atoms. The molecule has 4 rings (SSSR count). The first-order chi connectivity index (χ1) is 10.8. The first-order valence-corrected chi connectivity index (χ1v) is 8.22. The molecule has 1 unspecified atom stereocenters. The average Bonchev–Trinajstić information content (AvgIpc) is 3.12. The fourth-order valence-corrected chi connectivity index (χ4v) is 3.45. The van der Waals surface area contributed by atoms with Crippen LogP contribution in [0.1, 0.15) is 43.3 Å². The van der Waals surface area contributed by atoms with Gasteiger partial charge < -0.3 is 4.57 Å². The van der Waals surface area contributed by atoms with Crippen LogP contribution in [-0.4, -0.2) is 47.5 Å². The van der Waals surface area contributed by atoms with Crippen molar-refractivity contribution in [2.24, 2.45) is 13.0 Å². The highest BCUT2D eigenvalue weighted by atomic mass is 15.3. The molecular weight excluding hydrogens is 278 g/mol. The molecule has 1 aliphatic carbocycles. The molecule has 2 fully saturated rings. The standard InChI is InChI=1S/C15H23N7/c1-20-14(18-19-15(20)13-4-5-13)9-21-6-2-3-12(7-21)8-22-11-16-10-17-22/h10-13H,2-9H2,1H3. The second kappa shape index (κ2) is 5.79. The molecular formula is C15H23N7. The van der Waals surface area contributed by atoms with E-state index in [4.69, 9.17) is 0 Å². The summed E-state index contributed by atoms with van der Waals surface area (Å²) in [7, 11) is 2.11. The molecule has 0 amide bonds. The minimum absolute atomic E-state index is 0.645. The molecule has 0 spiro atoms. The molecule has 2 aromatic rings. The van der Waals surface area contributed by atoms with Crippen molar-refractivity contribution in [2.45, 2.75) is 44.7 Å². The summed E-state index contributed by atoms with van der Waals surface area (Å²) in [6.07, 6.45) is 8.48. The third-order valence-corrected chi connectivity index (χ3v) is 4.82. The van der Waals surface area contributed by atoms with Crippen molar-refractivity contribution in [2.75, 3.05) is 13.1 Å². The van der Waals surface area contributed by atoms with Gasteiger partial charge in [0.15, 0.2) is 0 Å². The smallest absolute Gasteiger partial charge is 0.146 e. The lowest BCUT2D eigenvalue weighted by atomic mass is 9.98. The van der Waals surface area contributed by atoms with Crippen LogP contribution >= 0.6 is 0 Å². The van der Waals surface area contributed by atoms with E-state index in [2.05, 4.69) is 36.8 Å². The number of rotatable bonds is 5. The number of hydrogen-bond donors (Lipinski definition) is 0. The lowest BCUT2D eigenvalue weighted by molar-refractivity contribution is 0.149. The highest BCUT2D eigenvalue weighted by Gasteiger charge is 2.30. The fraction of sp³-hybridized carbons (Fsp3) is 0.733. The van der Waals surface area contributed by atoms with E-state index in [1.165, 1.54) is 31.5 Å². The van der Waals surface area contributed by atoms with E-state index in [9.17, 15) is 0 Å². The third-order valence-electron chi connectivity index (χ3n) is 4.82. The molecule has 0 N–H and O–H groups in total. The van der Waals surface area contributed by atoms with Gasteiger partial charge in [0.2, 0.25) is 0 Å². The summed E-state index contributed by atoms with van der Waals surface area (Å²) < 4.78 is 4.15. The van der Waals surface area contributed by atoms with Gasteiger partial charge in [0, 0.05) is 26.1 Å². The fourth-order valence-electron chi connectivity index (χ4n) is 3.45. The van der Waals surface area contributed by atoms with Crippen molar-refractivity contribution in [1.82, 2.24) is 34.4 Å². The Morgan fingerprint density at radius 1 is 1.23 bits per heavy atom. The number of nitrogens with zero attached hydrogens (tertiary/aromatic N) is 7. The van der Waals surface area contributed by atoms with Crippen molar-refractivity contribution in [1.29, 1.82) is 0 Å². The SMILES string of the molecule is Cn1c(CN2CCCC(Cn3cncn3)C2)nnc1C1CC1. The van der Waals surface area contributed by atoms with Crippen molar-refractivity contribution in [3.05, 3.63) is 24.3 Å². The van der Waals surface area contributed by atoms with Crippen LogP contribution in [0, 0.1) is 5.92 Å². The van der Waals surface area contributed by atoms with Gasteiger partial charge >= 0.3 is 0 Å². The molecule has 1 saturated heterocycles. The van der Waals surface area contributed by atoms with Crippen LogP contribution in [0.4, 0.5) is 0 Å². The topological polar surface area (TPSA) is 64.7 Å². The monoisotopic (exact) mass is 301 g/mol. The second-order valence-corrected chi connectivity index (χ2v) is 6.67. The van der Waals surface area contributed by atoms with E-state index in [-0.39, 0.29) is 0 Å². The van der Waals surface area contributed by atoms with E-state index in [0.717, 1.165) is 32.0 Å². The normalized spacial score (nSPS) is 23.0. The second-order valence-electron chi connectivity index (χ2n) is 6.67. The van der Waals surface area contributed by atoms with Crippen LogP contribution in [0.2, 0.25) is 0 Å². The molecule has 2 aromatic heterocycles. The minimum atomic E-state index is 0.645. The van der Waals surface area contributed by atoms with E-state index in [1.54, 1.807) is 6.33 Å². The Hall–Kier alpha value is -1.76. The average molecular weight is 301 g/mol. The van der Waals surface area contributed by atoms with Crippen molar-refractivity contribution in [3.63, 3.8) is 0 Å². The Labute approximate surface area is 130 Å². The molecule has 0 bridgehead atoms. The van der Waals surface area contributed by atoms with Gasteiger partial charge in [-0.1, -0.05) is 0 Å². The van der Waals surface area contributed by atoms with E-state index < -0.39 is 0 Å². The lowest BCUT2D eigenvalue weighted by Gasteiger charge is -2.32. The molecule has 7 heteroatoms. The Morgan fingerprint density at radius 3 is 2.91 bits per heavy atom. The number of likely N-dealkylation sites (tertiary alicyclic amines) is 1. The highest BCUT2D eigenvalue weighted by molar-refractivity contribution is 5.07. The highest BCUT2D eigenvalue weighted by Crippen LogP contribution is 2.38. The molecule has 1 aliphatic heterocycles. The van der Waals surface area contributed by atoms with Gasteiger partial charge in [-0.2, -0.15) is 5.10 Å². The maximum atomic E-state index is 4.42. The van der Waals surface area contributed by atoms with Gasteiger partial charge in [-0.25, -0.2) is 4.98 Å². The zero-order valence-electron chi connectivity index (χ0n) is 13.1. The van der Waals surface area contributed by atoms with Crippen molar-refractivity contribution < 1.29 is 0 Å². The zero-order valence-corrected chi connectivity index (χ0v) is 13.1. The minimum Gasteiger partial charge on any atom is -0.317 e.